The topological polar surface area (TPSA) is 683 Å². The maximum atomic E-state index is 16.6. The van der Waals surface area contributed by atoms with Crippen molar-refractivity contribution < 1.29 is 217 Å². The lowest BCUT2D eigenvalue weighted by atomic mass is 9.33. The van der Waals surface area contributed by atoms with Crippen LogP contribution >= 0.6 is 0 Å². The highest BCUT2D eigenvalue weighted by Gasteiger charge is 2.73. The third-order valence-corrected chi connectivity index (χ3v) is 32.5. The summed E-state index contributed by atoms with van der Waals surface area (Å²) in [6.45, 7) is 22.2. The highest BCUT2D eigenvalue weighted by molar-refractivity contribution is 5.90. The Labute approximate surface area is 799 Å². The molecule has 44 nitrogen and oxygen atoms in total. The maximum absolute atomic E-state index is 16.6. The molecule has 4 saturated carbocycles. The predicted molar refractivity (Wildman–Crippen MR) is 466 cm³/mol. The van der Waals surface area contributed by atoms with Gasteiger partial charge in [-0.05, 0) is 156 Å². The number of hydrogen-bond donors (Lipinski definition) is 23. The van der Waals surface area contributed by atoms with Crippen molar-refractivity contribution in [3.05, 3.63) is 60.3 Å². The summed E-state index contributed by atoms with van der Waals surface area (Å²) in [5, 5.41) is 259. The first-order valence-corrected chi connectivity index (χ1v) is 47.9. The van der Waals surface area contributed by atoms with Crippen LogP contribution in [0.4, 0.5) is 0 Å². The average molecular weight is 1980 g/mol. The van der Waals surface area contributed by atoms with Crippen molar-refractivity contribution in [1.29, 1.82) is 0 Å². The standard InChI is InChI=1S/C94H148O44/c1-14-89(9,119)24-16-18-42(32-95)76(116)132-72-56(102)40(3)127-83(75(72)133-77(117)43(33-96)19-17-25-90(10,120)15-2)126-39-51-61(107)63(109)74(137-82-68(114)64(110)70(41(4)128-82)134-81-69(115)71(49(100)37-124-81)135-79-66(112)58(104)47(98)35-122-79)85(130-51)138-86(118)94-29-28-87(5,6)30-45(94)44-20-21-53-91(11)26-23-55(88(7,8)52(91)22-27-92(53,12)93(44,13)31-54(94)101)131-84-73(136-80-67(113)59(105)48(99)36-123-80)62(108)60(106)50(129-84)38-125-78-65(111)57(103)46(97)34-121-78/h14-15,18-20,40-41,45-75,78-85,95-115,119-120H,1-2,16-17,21-39H2,3-13H3. The monoisotopic (exact) mass is 1980 g/mol. The second-order valence-corrected chi connectivity index (χ2v) is 42.6. The van der Waals surface area contributed by atoms with Crippen molar-refractivity contribution >= 4 is 17.9 Å². The molecule has 0 bridgehead atoms. The number of fused-ring (bicyclic) bond motifs is 7. The maximum Gasteiger partial charge on any atom is 0.336 e. The van der Waals surface area contributed by atoms with Gasteiger partial charge in [0.15, 0.2) is 62.3 Å². The van der Waals surface area contributed by atoms with Crippen molar-refractivity contribution in [2.75, 3.05) is 52.9 Å². The number of carbonyl (C=O) groups excluding carboxylic acids is 3. The molecule has 12 fully saturated rings. The molecule has 13 rings (SSSR count). The van der Waals surface area contributed by atoms with Crippen LogP contribution < -0.4 is 0 Å². The van der Waals surface area contributed by atoms with E-state index >= 15 is 4.79 Å². The fraction of sp³-hybridized carbons (Fsp3) is 0.862. The van der Waals surface area contributed by atoms with Crippen LogP contribution in [0.3, 0.4) is 0 Å². The number of ether oxygens (including phenoxy) is 18. The van der Waals surface area contributed by atoms with Gasteiger partial charge in [0.2, 0.25) is 6.29 Å². The highest BCUT2D eigenvalue weighted by atomic mass is 16.8. The van der Waals surface area contributed by atoms with Crippen LogP contribution in [-0.2, 0) is 99.6 Å². The van der Waals surface area contributed by atoms with Gasteiger partial charge in [-0.3, -0.25) is 4.79 Å². The summed E-state index contributed by atoms with van der Waals surface area (Å²) < 4.78 is 110. The first kappa shape index (κ1) is 111. The van der Waals surface area contributed by atoms with E-state index in [0.29, 0.717) is 44.9 Å². The molecule has 8 heterocycles. The third-order valence-electron chi connectivity index (χ3n) is 32.5. The minimum Gasteiger partial charge on any atom is -0.452 e. The first-order valence-electron chi connectivity index (χ1n) is 47.9. The van der Waals surface area contributed by atoms with E-state index in [1.165, 1.54) is 52.0 Å². The number of aliphatic hydroxyl groups excluding tert-OH is 21. The molecule has 8 aliphatic heterocycles. The van der Waals surface area contributed by atoms with Gasteiger partial charge >= 0.3 is 17.9 Å². The fourth-order valence-corrected chi connectivity index (χ4v) is 23.5. The molecule has 8 saturated heterocycles. The number of aliphatic hydroxyl groups is 23. The van der Waals surface area contributed by atoms with Crippen LogP contribution in [0, 0.1) is 50.2 Å². The SMILES string of the molecule is C=CC(C)(O)CCC=C(CO)C(=O)OC1C(OCC2OC(OC(=O)C34CCC(C)(C)CC3C3=CCC5C6(C)CCC(OC7OC(COC8OCC(O)C(O)C8O)C(O)C(O)C7OC7OCC(O)C(O)C7O)C(C)(C)C6CCC5(C)C3(C)CC4O)C(OC3OC(C)C(OC4OCC(O)C(OC5OCC(O)C(O)C5O)C4O)C(O)C3O)C(O)C2O)OC(C)C(O)C1OC(=O)C(=CCCC(C)(O)C=C)CO. The number of esters is 3. The van der Waals surface area contributed by atoms with Crippen molar-refractivity contribution in [1.82, 2.24) is 0 Å². The third kappa shape index (κ3) is 22.1. The molecule has 13 aliphatic rings. The van der Waals surface area contributed by atoms with Crippen molar-refractivity contribution in [3.8, 4) is 0 Å². The summed E-state index contributed by atoms with van der Waals surface area (Å²) in [7, 11) is 0. The van der Waals surface area contributed by atoms with E-state index < -0.39 is 359 Å². The molecule has 788 valence electrons. The molecule has 0 radical (unpaired) electrons. The largest absolute Gasteiger partial charge is 0.452 e. The summed E-state index contributed by atoms with van der Waals surface area (Å²) >= 11 is 0. The van der Waals surface area contributed by atoms with Crippen LogP contribution in [0.5, 0.6) is 0 Å². The Morgan fingerprint density at radius 3 is 1.44 bits per heavy atom. The van der Waals surface area contributed by atoms with Crippen molar-refractivity contribution in [2.45, 2.75) is 404 Å². The van der Waals surface area contributed by atoms with Crippen LogP contribution in [0.2, 0.25) is 0 Å². The van der Waals surface area contributed by atoms with Gasteiger partial charge in [0.25, 0.3) is 0 Å². The zero-order valence-electron chi connectivity index (χ0n) is 79.7. The molecule has 23 N–H and O–H groups in total. The molecule has 0 aromatic carbocycles. The van der Waals surface area contributed by atoms with E-state index in [2.05, 4.69) is 53.9 Å². The van der Waals surface area contributed by atoms with E-state index in [-0.39, 0.29) is 55.9 Å². The van der Waals surface area contributed by atoms with Gasteiger partial charge in [-0.15, -0.1) is 13.2 Å². The first-order chi connectivity index (χ1) is 64.7. The van der Waals surface area contributed by atoms with Crippen LogP contribution in [0.25, 0.3) is 0 Å². The van der Waals surface area contributed by atoms with Gasteiger partial charge in [0.1, 0.15) is 146 Å². The average Bonchev–Trinajstić information content (AvgIpc) is 0.668. The van der Waals surface area contributed by atoms with Crippen molar-refractivity contribution in [2.24, 2.45) is 50.2 Å². The molecular weight excluding hydrogens is 1830 g/mol. The van der Waals surface area contributed by atoms with E-state index in [4.69, 9.17) is 85.3 Å². The van der Waals surface area contributed by atoms with Crippen LogP contribution in [0.15, 0.2) is 60.3 Å². The molecule has 0 aromatic heterocycles. The second kappa shape index (κ2) is 43.9. The molecule has 138 heavy (non-hydrogen) atoms. The lowest BCUT2D eigenvalue weighted by molar-refractivity contribution is -0.381. The Morgan fingerprint density at radius 2 is 0.899 bits per heavy atom. The molecule has 5 aliphatic carbocycles. The number of allylic oxidation sites excluding steroid dienone is 4. The Kier molecular flexibility index (Phi) is 35.3. The Bertz CT molecular complexity index is 4210. The predicted octanol–water partition coefficient (Wildman–Crippen LogP) is -4.78. The normalized spacial score (nSPS) is 48.0. The molecule has 44 heteroatoms. The number of hydrogen-bond acceptors (Lipinski definition) is 44. The molecule has 0 spiro atoms. The summed E-state index contributed by atoms with van der Waals surface area (Å²) in [6.07, 6.45) is -56.9. The van der Waals surface area contributed by atoms with Gasteiger partial charge in [-0.1, -0.05) is 84.4 Å². The van der Waals surface area contributed by atoms with E-state index in [9.17, 15) is 127 Å². The number of rotatable bonds is 32. The van der Waals surface area contributed by atoms with E-state index in [1.54, 1.807) is 0 Å². The minimum atomic E-state index is -2.32. The lowest BCUT2D eigenvalue weighted by Crippen LogP contribution is -2.69. The van der Waals surface area contributed by atoms with Gasteiger partial charge in [-0.25, -0.2) is 9.59 Å². The quantitative estimate of drug-likeness (QED) is 0.00988. The molecule has 0 aromatic rings. The fourth-order valence-electron chi connectivity index (χ4n) is 23.5. The van der Waals surface area contributed by atoms with Gasteiger partial charge in [-0.2, -0.15) is 0 Å². The molecule has 47 unspecified atom stereocenters. The highest BCUT2D eigenvalue weighted by Crippen LogP contribution is 2.76. The molecular formula is C94H148O44. The Hall–Kier alpha value is -4.41. The molecule has 0 amide bonds. The molecule has 47 atom stereocenters. The second-order valence-electron chi connectivity index (χ2n) is 42.6. The van der Waals surface area contributed by atoms with Crippen LogP contribution in [0.1, 0.15) is 160 Å². The summed E-state index contributed by atoms with van der Waals surface area (Å²) in [6, 6.07) is 0. The lowest BCUT2D eigenvalue weighted by Gasteiger charge is -2.72. The smallest absolute Gasteiger partial charge is 0.336 e. The Morgan fingerprint density at radius 1 is 0.442 bits per heavy atom. The van der Waals surface area contributed by atoms with Gasteiger partial charge in [0.05, 0.1) is 99.6 Å². The minimum absolute atomic E-state index is 0.00290. The Balaban J connectivity index is 0.792. The van der Waals surface area contributed by atoms with Crippen LogP contribution in [-0.4, -0.2) is 433 Å². The zero-order valence-corrected chi connectivity index (χ0v) is 79.7. The van der Waals surface area contributed by atoms with Crippen molar-refractivity contribution in [3.63, 3.8) is 0 Å². The van der Waals surface area contributed by atoms with Gasteiger partial charge < -0.3 is 203 Å². The van der Waals surface area contributed by atoms with Gasteiger partial charge in [0, 0.05) is 0 Å². The summed E-state index contributed by atoms with van der Waals surface area (Å²) in [4.78, 5) is 45.2. The summed E-state index contributed by atoms with van der Waals surface area (Å²) in [5.74, 6) is -4.69. The van der Waals surface area contributed by atoms with E-state index in [0.717, 1.165) is 5.57 Å². The number of carbonyl (C=O) groups is 3. The summed E-state index contributed by atoms with van der Waals surface area (Å²) in [5.41, 5.74) is -7.93. The zero-order chi connectivity index (χ0) is 101. The van der Waals surface area contributed by atoms with E-state index in [1.807, 2.05) is 13.8 Å².